The van der Waals surface area contributed by atoms with Crippen LogP contribution in [-0.4, -0.2) is 30.1 Å². The molecule has 1 aliphatic heterocycles. The molecule has 0 aromatic heterocycles. The van der Waals surface area contributed by atoms with Gasteiger partial charge >= 0.3 is 5.97 Å². The van der Waals surface area contributed by atoms with Gasteiger partial charge in [0.15, 0.2) is 0 Å². The molecule has 0 saturated carbocycles. The molecule has 0 spiro atoms. The van der Waals surface area contributed by atoms with Crippen LogP contribution in [0.15, 0.2) is 24.3 Å². The van der Waals surface area contributed by atoms with Crippen LogP contribution in [0.4, 0.5) is 0 Å². The van der Waals surface area contributed by atoms with Gasteiger partial charge in [-0.1, -0.05) is 12.1 Å². The number of hydrogen-bond donors (Lipinski definition) is 3. The van der Waals surface area contributed by atoms with E-state index in [0.29, 0.717) is 18.9 Å². The maximum Gasteiger partial charge on any atom is 0.335 e. The summed E-state index contributed by atoms with van der Waals surface area (Å²) in [4.78, 5) is 22.7. The molecule has 1 heterocycles. The van der Waals surface area contributed by atoms with E-state index in [2.05, 4.69) is 10.6 Å². The van der Waals surface area contributed by atoms with Gasteiger partial charge in [0.2, 0.25) is 5.91 Å². The molecule has 1 aromatic carbocycles. The molecular weight excluding hydrogens is 268 g/mol. The van der Waals surface area contributed by atoms with E-state index in [1.54, 1.807) is 18.2 Å². The first kappa shape index (κ1) is 15.5. The van der Waals surface area contributed by atoms with Crippen LogP contribution in [0.1, 0.15) is 41.6 Å². The van der Waals surface area contributed by atoms with Crippen LogP contribution in [0.2, 0.25) is 0 Å². The van der Waals surface area contributed by atoms with Gasteiger partial charge in [0.1, 0.15) is 0 Å². The lowest BCUT2D eigenvalue weighted by Crippen LogP contribution is -2.29. The minimum atomic E-state index is -0.950. The number of benzene rings is 1. The van der Waals surface area contributed by atoms with E-state index in [1.165, 1.54) is 0 Å². The third-order valence-electron chi connectivity index (χ3n) is 3.90. The molecule has 2 rings (SSSR count). The van der Waals surface area contributed by atoms with E-state index in [0.717, 1.165) is 37.9 Å². The molecule has 1 saturated heterocycles. The number of carboxylic acid groups (broad SMARTS) is 1. The zero-order chi connectivity index (χ0) is 15.1. The fraction of sp³-hybridized carbons (Fsp3) is 0.500. The molecule has 0 bridgehead atoms. The topological polar surface area (TPSA) is 78.4 Å². The summed E-state index contributed by atoms with van der Waals surface area (Å²) in [7, 11) is 0. The number of aromatic carboxylic acids is 1. The minimum Gasteiger partial charge on any atom is -0.478 e. The van der Waals surface area contributed by atoms with E-state index < -0.39 is 5.97 Å². The zero-order valence-electron chi connectivity index (χ0n) is 12.1. The van der Waals surface area contributed by atoms with E-state index in [9.17, 15) is 9.59 Å². The van der Waals surface area contributed by atoms with Crippen molar-refractivity contribution in [2.75, 3.05) is 13.1 Å². The van der Waals surface area contributed by atoms with Crippen molar-refractivity contribution in [1.82, 2.24) is 10.6 Å². The maximum atomic E-state index is 11.8. The summed E-state index contributed by atoms with van der Waals surface area (Å²) in [5.41, 5.74) is 1.06. The van der Waals surface area contributed by atoms with Crippen LogP contribution in [0.5, 0.6) is 0 Å². The van der Waals surface area contributed by atoms with E-state index in [-0.39, 0.29) is 11.5 Å². The van der Waals surface area contributed by atoms with Crippen molar-refractivity contribution in [2.24, 2.45) is 5.92 Å². The lowest BCUT2D eigenvalue weighted by molar-refractivity contribution is -0.121. The van der Waals surface area contributed by atoms with Gasteiger partial charge in [0.05, 0.1) is 5.56 Å². The first-order valence-electron chi connectivity index (χ1n) is 7.45. The predicted octanol–water partition coefficient (Wildman–Crippen LogP) is 1.78. The minimum absolute atomic E-state index is 0.0364. The molecule has 114 valence electrons. The van der Waals surface area contributed by atoms with Crippen LogP contribution >= 0.6 is 0 Å². The molecule has 1 fully saturated rings. The van der Waals surface area contributed by atoms with Gasteiger partial charge in [-0.15, -0.1) is 0 Å². The van der Waals surface area contributed by atoms with Crippen LogP contribution in [0.3, 0.4) is 0 Å². The normalized spacial score (nSPS) is 15.6. The molecule has 1 aliphatic rings. The second-order valence-corrected chi connectivity index (χ2v) is 5.51. The third kappa shape index (κ3) is 5.19. The molecule has 21 heavy (non-hydrogen) atoms. The summed E-state index contributed by atoms with van der Waals surface area (Å²) in [6, 6.07) is 6.65. The molecule has 5 nitrogen and oxygen atoms in total. The number of piperidine rings is 1. The van der Waals surface area contributed by atoms with Crippen molar-refractivity contribution in [2.45, 2.75) is 32.2 Å². The number of hydrogen-bond acceptors (Lipinski definition) is 3. The summed E-state index contributed by atoms with van der Waals surface area (Å²) < 4.78 is 0. The highest BCUT2D eigenvalue weighted by atomic mass is 16.4. The van der Waals surface area contributed by atoms with Crippen LogP contribution in [0.25, 0.3) is 0 Å². The Kier molecular flexibility index (Phi) is 5.75. The Bertz CT molecular complexity index is 496. The molecule has 1 amide bonds. The highest BCUT2D eigenvalue weighted by Crippen LogP contribution is 2.17. The van der Waals surface area contributed by atoms with E-state index in [1.807, 2.05) is 6.07 Å². The number of nitrogens with one attached hydrogen (secondary N) is 2. The van der Waals surface area contributed by atoms with Crippen LogP contribution < -0.4 is 10.6 Å². The van der Waals surface area contributed by atoms with E-state index >= 15 is 0 Å². The lowest BCUT2D eigenvalue weighted by Gasteiger charge is -2.22. The number of carbonyl (C=O) groups is 2. The fourth-order valence-electron chi connectivity index (χ4n) is 2.61. The highest BCUT2D eigenvalue weighted by molar-refractivity contribution is 5.87. The first-order chi connectivity index (χ1) is 10.1. The number of rotatable bonds is 6. The molecule has 3 N–H and O–H groups in total. The standard InChI is InChI=1S/C16H22N2O3/c19-15(5-4-12-6-8-17-9-7-12)18-11-13-2-1-3-14(10-13)16(20)21/h1-3,10,12,17H,4-9,11H2,(H,18,19)(H,20,21). The van der Waals surface area contributed by atoms with Gasteiger partial charge < -0.3 is 15.7 Å². The Morgan fingerprint density at radius 2 is 2.05 bits per heavy atom. The summed E-state index contributed by atoms with van der Waals surface area (Å²) >= 11 is 0. The summed E-state index contributed by atoms with van der Waals surface area (Å²) in [5, 5.41) is 15.1. The Morgan fingerprint density at radius 1 is 1.29 bits per heavy atom. The smallest absolute Gasteiger partial charge is 0.335 e. The molecular formula is C16H22N2O3. The van der Waals surface area contributed by atoms with Crippen molar-refractivity contribution in [3.8, 4) is 0 Å². The molecule has 1 aromatic rings. The average Bonchev–Trinajstić information content (AvgIpc) is 2.52. The van der Waals surface area contributed by atoms with Crippen molar-refractivity contribution < 1.29 is 14.7 Å². The van der Waals surface area contributed by atoms with Crippen LogP contribution in [0, 0.1) is 5.92 Å². The van der Waals surface area contributed by atoms with Gasteiger partial charge in [-0.3, -0.25) is 4.79 Å². The van der Waals surface area contributed by atoms with Crippen molar-refractivity contribution in [3.63, 3.8) is 0 Å². The third-order valence-corrected chi connectivity index (χ3v) is 3.90. The quantitative estimate of drug-likeness (QED) is 0.746. The maximum absolute atomic E-state index is 11.8. The summed E-state index contributed by atoms with van der Waals surface area (Å²) in [6.07, 6.45) is 3.77. The largest absolute Gasteiger partial charge is 0.478 e. The molecule has 0 radical (unpaired) electrons. The molecule has 5 heteroatoms. The number of amides is 1. The monoisotopic (exact) mass is 290 g/mol. The Labute approximate surface area is 124 Å². The second kappa shape index (κ2) is 7.78. The Morgan fingerprint density at radius 3 is 2.76 bits per heavy atom. The Balaban J connectivity index is 1.73. The lowest BCUT2D eigenvalue weighted by atomic mass is 9.93. The SMILES string of the molecule is O=C(CCC1CCNCC1)NCc1cccc(C(=O)O)c1. The van der Waals surface area contributed by atoms with Gasteiger partial charge in [0, 0.05) is 13.0 Å². The summed E-state index contributed by atoms with van der Waals surface area (Å²) in [6.45, 7) is 2.48. The molecule has 0 unspecified atom stereocenters. The zero-order valence-corrected chi connectivity index (χ0v) is 12.1. The van der Waals surface area contributed by atoms with Crippen molar-refractivity contribution in [3.05, 3.63) is 35.4 Å². The average molecular weight is 290 g/mol. The number of carbonyl (C=O) groups excluding carboxylic acids is 1. The van der Waals surface area contributed by atoms with Crippen molar-refractivity contribution >= 4 is 11.9 Å². The molecule has 0 aliphatic carbocycles. The number of carboxylic acids is 1. The highest BCUT2D eigenvalue weighted by Gasteiger charge is 2.14. The van der Waals surface area contributed by atoms with Gasteiger partial charge in [-0.25, -0.2) is 4.79 Å². The summed E-state index contributed by atoms with van der Waals surface area (Å²) in [5.74, 6) is -0.268. The van der Waals surface area contributed by atoms with E-state index in [4.69, 9.17) is 5.11 Å². The van der Waals surface area contributed by atoms with Crippen LogP contribution in [-0.2, 0) is 11.3 Å². The van der Waals surface area contributed by atoms with Gasteiger partial charge in [-0.05, 0) is 56.0 Å². The second-order valence-electron chi connectivity index (χ2n) is 5.51. The molecule has 0 atom stereocenters. The van der Waals surface area contributed by atoms with Gasteiger partial charge in [-0.2, -0.15) is 0 Å². The Hall–Kier alpha value is -1.88. The first-order valence-corrected chi connectivity index (χ1v) is 7.45. The fourth-order valence-corrected chi connectivity index (χ4v) is 2.61. The predicted molar refractivity (Wildman–Crippen MR) is 80.1 cm³/mol. The van der Waals surface area contributed by atoms with Gasteiger partial charge in [0.25, 0.3) is 0 Å². The van der Waals surface area contributed by atoms with Crippen molar-refractivity contribution in [1.29, 1.82) is 0 Å².